The lowest BCUT2D eigenvalue weighted by molar-refractivity contribution is 0.242. The zero-order valence-corrected chi connectivity index (χ0v) is 11.1. The first-order chi connectivity index (χ1) is 8.22. The summed E-state index contributed by atoms with van der Waals surface area (Å²) in [7, 11) is 0. The first-order valence-electron chi connectivity index (χ1n) is 6.36. The molecule has 0 aromatic heterocycles. The fourth-order valence-corrected chi connectivity index (χ4v) is 1.55. The number of hydrogen-bond donors (Lipinski definition) is 1. The average Bonchev–Trinajstić information content (AvgIpc) is 2.28. The zero-order chi connectivity index (χ0) is 12.5. The molecule has 0 atom stereocenters. The molecule has 0 fully saturated rings. The molecule has 1 aromatic carbocycles. The molecule has 1 rings (SSSR count). The largest absolute Gasteiger partial charge is 0.491 e. The summed E-state index contributed by atoms with van der Waals surface area (Å²) in [5.41, 5.74) is 1.19. The minimum absolute atomic E-state index is 0.225. The maximum Gasteiger partial charge on any atom is 0.120 e. The van der Waals surface area contributed by atoms with Crippen molar-refractivity contribution in [3.8, 4) is 5.75 Å². The fraction of sp³-hybridized carbons (Fsp3) is 0.467. The van der Waals surface area contributed by atoms with Crippen LogP contribution in [0.15, 0.2) is 30.3 Å². The van der Waals surface area contributed by atoms with Crippen LogP contribution in [0.2, 0.25) is 0 Å². The van der Waals surface area contributed by atoms with Crippen LogP contribution in [0.1, 0.15) is 32.8 Å². The number of ether oxygens (including phenoxy) is 1. The lowest BCUT2D eigenvalue weighted by Crippen LogP contribution is -2.12. The molecule has 0 aliphatic rings. The van der Waals surface area contributed by atoms with Gasteiger partial charge < -0.3 is 10.1 Å². The van der Waals surface area contributed by atoms with Crippen LogP contribution >= 0.6 is 0 Å². The molecular formula is C15H23NO. The Labute approximate surface area is 105 Å². The predicted octanol–water partition coefficient (Wildman–Crippen LogP) is 3.49. The standard InChI is InChI=1S/C15H23NO/c1-4-16-11-6-5-8-14-9-7-10-15(12-14)17-13(2)3/h5,7-10,12-13,16H,4,6,11H2,1-3H3. The summed E-state index contributed by atoms with van der Waals surface area (Å²) >= 11 is 0. The van der Waals surface area contributed by atoms with Crippen molar-refractivity contribution < 1.29 is 4.74 Å². The van der Waals surface area contributed by atoms with E-state index in [1.165, 1.54) is 5.56 Å². The van der Waals surface area contributed by atoms with Gasteiger partial charge in [0.1, 0.15) is 5.75 Å². The van der Waals surface area contributed by atoms with Gasteiger partial charge in [0.15, 0.2) is 0 Å². The van der Waals surface area contributed by atoms with Gasteiger partial charge in [0.25, 0.3) is 0 Å². The highest BCUT2D eigenvalue weighted by Crippen LogP contribution is 2.15. The lowest BCUT2D eigenvalue weighted by atomic mass is 10.2. The van der Waals surface area contributed by atoms with Gasteiger partial charge in [0.2, 0.25) is 0 Å². The van der Waals surface area contributed by atoms with Crippen LogP contribution < -0.4 is 10.1 Å². The normalized spacial score (nSPS) is 11.3. The third-order valence-corrected chi connectivity index (χ3v) is 2.28. The lowest BCUT2D eigenvalue weighted by Gasteiger charge is -2.09. The van der Waals surface area contributed by atoms with Gasteiger partial charge in [-0.2, -0.15) is 0 Å². The van der Waals surface area contributed by atoms with Crippen LogP contribution in [0.25, 0.3) is 6.08 Å². The molecule has 17 heavy (non-hydrogen) atoms. The van der Waals surface area contributed by atoms with Gasteiger partial charge in [0, 0.05) is 0 Å². The molecule has 0 saturated carbocycles. The SMILES string of the molecule is CCNCCC=Cc1cccc(OC(C)C)c1. The molecule has 2 nitrogen and oxygen atoms in total. The molecule has 0 radical (unpaired) electrons. The molecule has 1 aromatic rings. The summed E-state index contributed by atoms with van der Waals surface area (Å²) < 4.78 is 5.65. The van der Waals surface area contributed by atoms with Crippen molar-refractivity contribution in [2.45, 2.75) is 33.3 Å². The van der Waals surface area contributed by atoms with E-state index < -0.39 is 0 Å². The Bertz CT molecular complexity index is 345. The minimum Gasteiger partial charge on any atom is -0.491 e. The molecule has 0 spiro atoms. The van der Waals surface area contributed by atoms with Gasteiger partial charge in [-0.15, -0.1) is 0 Å². The van der Waals surface area contributed by atoms with Crippen LogP contribution in [-0.2, 0) is 0 Å². The first-order valence-corrected chi connectivity index (χ1v) is 6.36. The van der Waals surface area contributed by atoms with Gasteiger partial charge in [-0.3, -0.25) is 0 Å². The highest BCUT2D eigenvalue weighted by Gasteiger charge is 1.97. The van der Waals surface area contributed by atoms with E-state index in [1.54, 1.807) is 0 Å². The predicted molar refractivity (Wildman–Crippen MR) is 74.4 cm³/mol. The third-order valence-electron chi connectivity index (χ3n) is 2.28. The van der Waals surface area contributed by atoms with Gasteiger partial charge in [-0.05, 0) is 51.1 Å². The second kappa shape index (κ2) is 7.91. The van der Waals surface area contributed by atoms with Crippen LogP contribution in [0.4, 0.5) is 0 Å². The summed E-state index contributed by atoms with van der Waals surface area (Å²) in [5, 5.41) is 3.30. The molecule has 0 bridgehead atoms. The van der Waals surface area contributed by atoms with E-state index in [4.69, 9.17) is 4.74 Å². The van der Waals surface area contributed by atoms with Crippen LogP contribution in [0.3, 0.4) is 0 Å². The monoisotopic (exact) mass is 233 g/mol. The summed E-state index contributed by atoms with van der Waals surface area (Å²) in [6.45, 7) is 8.27. The van der Waals surface area contributed by atoms with Crippen LogP contribution in [0.5, 0.6) is 5.75 Å². The van der Waals surface area contributed by atoms with E-state index in [0.717, 1.165) is 25.3 Å². The Kier molecular flexibility index (Phi) is 6.41. The molecule has 0 heterocycles. The van der Waals surface area contributed by atoms with E-state index in [0.29, 0.717) is 0 Å². The van der Waals surface area contributed by atoms with Crippen molar-refractivity contribution in [1.82, 2.24) is 5.32 Å². The van der Waals surface area contributed by atoms with E-state index in [9.17, 15) is 0 Å². The number of nitrogens with one attached hydrogen (secondary N) is 1. The maximum atomic E-state index is 5.65. The van der Waals surface area contributed by atoms with E-state index in [1.807, 2.05) is 26.0 Å². The molecule has 2 heteroatoms. The van der Waals surface area contributed by atoms with Crippen molar-refractivity contribution in [1.29, 1.82) is 0 Å². The second-order valence-corrected chi connectivity index (χ2v) is 4.28. The van der Waals surface area contributed by atoms with Crippen molar-refractivity contribution in [3.63, 3.8) is 0 Å². The Morgan fingerprint density at radius 1 is 1.35 bits per heavy atom. The Balaban J connectivity index is 2.47. The fourth-order valence-electron chi connectivity index (χ4n) is 1.55. The van der Waals surface area contributed by atoms with Crippen molar-refractivity contribution in [3.05, 3.63) is 35.9 Å². The van der Waals surface area contributed by atoms with Gasteiger partial charge >= 0.3 is 0 Å². The Hall–Kier alpha value is -1.28. The molecular weight excluding hydrogens is 210 g/mol. The van der Waals surface area contributed by atoms with Crippen molar-refractivity contribution >= 4 is 6.08 Å². The molecule has 0 amide bonds. The highest BCUT2D eigenvalue weighted by molar-refractivity contribution is 5.51. The summed E-state index contributed by atoms with van der Waals surface area (Å²) in [4.78, 5) is 0. The van der Waals surface area contributed by atoms with Crippen LogP contribution in [0, 0.1) is 0 Å². The molecule has 0 aliphatic heterocycles. The Morgan fingerprint density at radius 2 is 2.18 bits per heavy atom. The molecule has 0 unspecified atom stereocenters. The minimum atomic E-state index is 0.225. The third kappa shape index (κ3) is 6.12. The number of rotatable bonds is 7. The Morgan fingerprint density at radius 3 is 2.88 bits per heavy atom. The van der Waals surface area contributed by atoms with E-state index in [2.05, 4.69) is 36.5 Å². The first kappa shape index (κ1) is 13.8. The van der Waals surface area contributed by atoms with E-state index >= 15 is 0 Å². The molecule has 0 saturated heterocycles. The summed E-state index contributed by atoms with van der Waals surface area (Å²) in [6.07, 6.45) is 5.62. The number of hydrogen-bond acceptors (Lipinski definition) is 2. The highest BCUT2D eigenvalue weighted by atomic mass is 16.5. The van der Waals surface area contributed by atoms with Crippen molar-refractivity contribution in [2.75, 3.05) is 13.1 Å². The van der Waals surface area contributed by atoms with Gasteiger partial charge in [-0.25, -0.2) is 0 Å². The summed E-state index contributed by atoms with van der Waals surface area (Å²) in [6, 6.07) is 8.19. The quantitative estimate of drug-likeness (QED) is 0.728. The van der Waals surface area contributed by atoms with Gasteiger partial charge in [-0.1, -0.05) is 31.2 Å². The molecule has 0 aliphatic carbocycles. The topological polar surface area (TPSA) is 21.3 Å². The number of benzene rings is 1. The van der Waals surface area contributed by atoms with Crippen LogP contribution in [-0.4, -0.2) is 19.2 Å². The zero-order valence-electron chi connectivity index (χ0n) is 11.1. The summed E-state index contributed by atoms with van der Waals surface area (Å²) in [5.74, 6) is 0.939. The molecule has 1 N–H and O–H groups in total. The second-order valence-electron chi connectivity index (χ2n) is 4.28. The van der Waals surface area contributed by atoms with Crippen molar-refractivity contribution in [2.24, 2.45) is 0 Å². The average molecular weight is 233 g/mol. The van der Waals surface area contributed by atoms with E-state index in [-0.39, 0.29) is 6.10 Å². The molecule has 94 valence electrons. The smallest absolute Gasteiger partial charge is 0.120 e. The van der Waals surface area contributed by atoms with Gasteiger partial charge in [0.05, 0.1) is 6.10 Å². The maximum absolute atomic E-state index is 5.65.